The zero-order valence-corrected chi connectivity index (χ0v) is 8.58. The Morgan fingerprint density at radius 1 is 1.43 bits per heavy atom. The molecule has 1 N–H and O–H groups in total. The standard InChI is InChI=1S/C10H16O4/c1-9(2)5-13-6-10(9)4-3-7(14-10)8(11)12/h7H,3-6H2,1-2H3,(H,11,12). The van der Waals surface area contributed by atoms with Gasteiger partial charge in [0.05, 0.1) is 18.8 Å². The van der Waals surface area contributed by atoms with Crippen LogP contribution in [0.2, 0.25) is 0 Å². The normalized spacial score (nSPS) is 40.6. The van der Waals surface area contributed by atoms with Crippen LogP contribution < -0.4 is 0 Å². The maximum atomic E-state index is 10.8. The lowest BCUT2D eigenvalue weighted by Crippen LogP contribution is -2.44. The van der Waals surface area contributed by atoms with Gasteiger partial charge in [-0.25, -0.2) is 4.79 Å². The second kappa shape index (κ2) is 2.94. The summed E-state index contributed by atoms with van der Waals surface area (Å²) in [5, 5.41) is 8.86. The highest BCUT2D eigenvalue weighted by atomic mass is 16.6. The highest BCUT2D eigenvalue weighted by Crippen LogP contribution is 2.48. The van der Waals surface area contributed by atoms with Crippen LogP contribution in [0.15, 0.2) is 0 Å². The molecule has 2 heterocycles. The minimum atomic E-state index is -0.857. The van der Waals surface area contributed by atoms with Gasteiger partial charge in [-0.05, 0) is 12.8 Å². The van der Waals surface area contributed by atoms with Crippen LogP contribution in [0.5, 0.6) is 0 Å². The van der Waals surface area contributed by atoms with E-state index in [1.165, 1.54) is 0 Å². The first-order valence-electron chi connectivity index (χ1n) is 4.95. The molecule has 2 atom stereocenters. The number of rotatable bonds is 1. The van der Waals surface area contributed by atoms with Crippen LogP contribution in [0.3, 0.4) is 0 Å². The van der Waals surface area contributed by atoms with E-state index in [2.05, 4.69) is 13.8 Å². The summed E-state index contributed by atoms with van der Waals surface area (Å²) in [6.07, 6.45) is 0.745. The number of carboxylic acids is 1. The maximum Gasteiger partial charge on any atom is 0.332 e. The molecule has 0 aromatic carbocycles. The zero-order valence-electron chi connectivity index (χ0n) is 8.58. The number of carboxylic acid groups (broad SMARTS) is 1. The van der Waals surface area contributed by atoms with E-state index in [1.54, 1.807) is 0 Å². The van der Waals surface area contributed by atoms with Crippen molar-refractivity contribution >= 4 is 5.97 Å². The van der Waals surface area contributed by atoms with Crippen molar-refractivity contribution in [1.82, 2.24) is 0 Å². The zero-order chi connectivity index (χ0) is 10.4. The molecule has 0 bridgehead atoms. The smallest absolute Gasteiger partial charge is 0.332 e. The van der Waals surface area contributed by atoms with Gasteiger partial charge < -0.3 is 14.6 Å². The quantitative estimate of drug-likeness (QED) is 0.687. The molecule has 1 spiro atoms. The van der Waals surface area contributed by atoms with Crippen LogP contribution in [0.4, 0.5) is 0 Å². The highest BCUT2D eigenvalue weighted by molar-refractivity contribution is 5.72. The molecule has 0 saturated carbocycles. The SMILES string of the molecule is CC1(C)COCC12CCC(C(=O)O)O2. The predicted molar refractivity (Wildman–Crippen MR) is 49.1 cm³/mol. The van der Waals surface area contributed by atoms with Crippen molar-refractivity contribution in [3.05, 3.63) is 0 Å². The number of hydrogen-bond acceptors (Lipinski definition) is 3. The van der Waals surface area contributed by atoms with Crippen LogP contribution in [0.25, 0.3) is 0 Å². The Balaban J connectivity index is 2.16. The van der Waals surface area contributed by atoms with Crippen LogP contribution in [-0.4, -0.2) is 36.0 Å². The Labute approximate surface area is 83.2 Å². The first kappa shape index (κ1) is 9.93. The van der Waals surface area contributed by atoms with Crippen molar-refractivity contribution in [2.75, 3.05) is 13.2 Å². The van der Waals surface area contributed by atoms with Crippen LogP contribution in [-0.2, 0) is 14.3 Å². The fourth-order valence-electron chi connectivity index (χ4n) is 2.33. The van der Waals surface area contributed by atoms with Gasteiger partial charge in [-0.2, -0.15) is 0 Å². The molecule has 0 radical (unpaired) electrons. The largest absolute Gasteiger partial charge is 0.479 e. The third-order valence-electron chi connectivity index (χ3n) is 3.49. The summed E-state index contributed by atoms with van der Waals surface area (Å²) in [7, 11) is 0. The molecule has 2 aliphatic heterocycles. The minimum Gasteiger partial charge on any atom is -0.479 e. The minimum absolute atomic E-state index is 0.0722. The van der Waals surface area contributed by atoms with Gasteiger partial charge in [0.25, 0.3) is 0 Å². The van der Waals surface area contributed by atoms with E-state index in [-0.39, 0.29) is 11.0 Å². The highest BCUT2D eigenvalue weighted by Gasteiger charge is 2.56. The summed E-state index contributed by atoms with van der Waals surface area (Å²) in [6, 6.07) is 0. The number of carbonyl (C=O) groups is 1. The Hall–Kier alpha value is -0.610. The van der Waals surface area contributed by atoms with Gasteiger partial charge in [-0.1, -0.05) is 13.8 Å². The Morgan fingerprint density at radius 2 is 2.14 bits per heavy atom. The van der Waals surface area contributed by atoms with E-state index >= 15 is 0 Å². The topological polar surface area (TPSA) is 55.8 Å². The third-order valence-corrected chi connectivity index (χ3v) is 3.49. The first-order valence-corrected chi connectivity index (χ1v) is 4.95. The van der Waals surface area contributed by atoms with E-state index in [9.17, 15) is 4.79 Å². The summed E-state index contributed by atoms with van der Waals surface area (Å²) in [4.78, 5) is 10.8. The van der Waals surface area contributed by atoms with Crippen molar-refractivity contribution in [1.29, 1.82) is 0 Å². The predicted octanol–water partition coefficient (Wildman–Crippen LogP) is 1.05. The summed E-state index contributed by atoms with van der Waals surface area (Å²) in [6.45, 7) is 5.33. The fourth-order valence-corrected chi connectivity index (χ4v) is 2.33. The third kappa shape index (κ3) is 1.25. The van der Waals surface area contributed by atoms with Gasteiger partial charge in [0.2, 0.25) is 0 Å². The number of ether oxygens (including phenoxy) is 2. The molecule has 14 heavy (non-hydrogen) atoms. The van der Waals surface area contributed by atoms with Crippen molar-refractivity contribution in [2.45, 2.75) is 38.4 Å². The average Bonchev–Trinajstić information content (AvgIpc) is 2.60. The van der Waals surface area contributed by atoms with Gasteiger partial charge in [0.1, 0.15) is 0 Å². The Kier molecular flexibility index (Phi) is 2.08. The molecule has 2 rings (SSSR count). The van der Waals surface area contributed by atoms with Crippen molar-refractivity contribution in [2.24, 2.45) is 5.41 Å². The van der Waals surface area contributed by atoms with E-state index in [1.807, 2.05) is 0 Å². The molecule has 2 saturated heterocycles. The molecule has 2 fully saturated rings. The van der Waals surface area contributed by atoms with Crippen molar-refractivity contribution < 1.29 is 19.4 Å². The molecule has 4 heteroatoms. The molecule has 0 aromatic heterocycles. The lowest BCUT2D eigenvalue weighted by atomic mass is 9.76. The molecular weight excluding hydrogens is 184 g/mol. The van der Waals surface area contributed by atoms with Crippen molar-refractivity contribution in [3.63, 3.8) is 0 Å². The van der Waals surface area contributed by atoms with Gasteiger partial charge >= 0.3 is 5.97 Å². The van der Waals surface area contributed by atoms with Gasteiger partial charge in [0, 0.05) is 5.41 Å². The second-order valence-corrected chi connectivity index (χ2v) is 4.85. The first-order chi connectivity index (χ1) is 6.47. The second-order valence-electron chi connectivity index (χ2n) is 4.85. The summed E-state index contributed by atoms with van der Waals surface area (Å²) in [5.41, 5.74) is -0.437. The molecule has 80 valence electrons. The van der Waals surface area contributed by atoms with Crippen LogP contribution in [0, 0.1) is 5.41 Å². The van der Waals surface area contributed by atoms with E-state index in [0.29, 0.717) is 19.6 Å². The lowest BCUT2D eigenvalue weighted by molar-refractivity contribution is -0.159. The molecular formula is C10H16O4. The van der Waals surface area contributed by atoms with Gasteiger partial charge in [-0.15, -0.1) is 0 Å². The van der Waals surface area contributed by atoms with Crippen LogP contribution >= 0.6 is 0 Å². The number of aliphatic carboxylic acids is 1. The maximum absolute atomic E-state index is 10.8. The van der Waals surface area contributed by atoms with Gasteiger partial charge in [0.15, 0.2) is 6.10 Å². The molecule has 0 amide bonds. The average molecular weight is 200 g/mol. The molecule has 0 aliphatic carbocycles. The molecule has 0 aromatic rings. The Bertz CT molecular complexity index is 261. The summed E-state index contributed by atoms with van der Waals surface area (Å²) < 4.78 is 11.1. The summed E-state index contributed by atoms with van der Waals surface area (Å²) >= 11 is 0. The number of hydrogen-bond donors (Lipinski definition) is 1. The van der Waals surface area contributed by atoms with E-state index in [0.717, 1.165) is 6.42 Å². The lowest BCUT2D eigenvalue weighted by Gasteiger charge is -2.35. The molecule has 4 nitrogen and oxygen atoms in total. The monoisotopic (exact) mass is 200 g/mol. The van der Waals surface area contributed by atoms with Crippen molar-refractivity contribution in [3.8, 4) is 0 Å². The Morgan fingerprint density at radius 3 is 2.57 bits per heavy atom. The molecule has 2 unspecified atom stereocenters. The van der Waals surface area contributed by atoms with Gasteiger partial charge in [-0.3, -0.25) is 0 Å². The van der Waals surface area contributed by atoms with E-state index in [4.69, 9.17) is 14.6 Å². The summed E-state index contributed by atoms with van der Waals surface area (Å²) in [5.74, 6) is -0.857. The van der Waals surface area contributed by atoms with Crippen LogP contribution in [0.1, 0.15) is 26.7 Å². The van der Waals surface area contributed by atoms with E-state index < -0.39 is 12.1 Å². The fraction of sp³-hybridized carbons (Fsp3) is 0.900. The molecule has 2 aliphatic rings.